The van der Waals surface area contributed by atoms with Crippen molar-refractivity contribution in [3.63, 3.8) is 0 Å². The van der Waals surface area contributed by atoms with Crippen molar-refractivity contribution in [1.82, 2.24) is 0 Å². The number of ketones is 1. The van der Waals surface area contributed by atoms with Crippen LogP contribution in [0, 0.1) is 0 Å². The molecule has 3 aromatic rings. The molecule has 0 bridgehead atoms. The van der Waals surface area contributed by atoms with Gasteiger partial charge in [-0.2, -0.15) is 0 Å². The Morgan fingerprint density at radius 2 is 1.43 bits per heavy atom. The van der Waals surface area contributed by atoms with Crippen molar-refractivity contribution in [3.8, 4) is 0 Å². The van der Waals surface area contributed by atoms with Crippen LogP contribution >= 0.6 is 0 Å². The van der Waals surface area contributed by atoms with E-state index in [1.54, 1.807) is 0 Å². The van der Waals surface area contributed by atoms with Crippen molar-refractivity contribution >= 4 is 22.5 Å². The molecule has 0 spiro atoms. The van der Waals surface area contributed by atoms with E-state index in [2.05, 4.69) is 0 Å². The lowest BCUT2D eigenvalue weighted by Gasteiger charge is -2.05. The minimum atomic E-state index is -0.790. The van der Waals surface area contributed by atoms with Crippen molar-refractivity contribution < 1.29 is 14.3 Å². The van der Waals surface area contributed by atoms with Gasteiger partial charge in [0.05, 0.1) is 0 Å². The molecule has 0 aliphatic heterocycles. The molecule has 0 radical (unpaired) electrons. The summed E-state index contributed by atoms with van der Waals surface area (Å²) in [5, 5.41) is 2.16. The summed E-state index contributed by atoms with van der Waals surface area (Å²) in [4.78, 5) is 23.8. The Morgan fingerprint density at radius 1 is 0.739 bits per heavy atom. The molecule has 3 nitrogen and oxygen atoms in total. The minimum Gasteiger partial charge on any atom is -0.455 e. The fourth-order valence-electron chi connectivity index (χ4n) is 2.41. The molecular formula is C20H16O3. The zero-order valence-corrected chi connectivity index (χ0v) is 12.6. The SMILES string of the molecule is O=C(Cc1ccc2ccccc2c1)C(=O)OCc1ccccc1. The van der Waals surface area contributed by atoms with E-state index in [1.165, 1.54) is 0 Å². The number of ether oxygens (including phenoxy) is 1. The highest BCUT2D eigenvalue weighted by Crippen LogP contribution is 2.16. The van der Waals surface area contributed by atoms with Crippen LogP contribution in [0.1, 0.15) is 11.1 Å². The zero-order valence-electron chi connectivity index (χ0n) is 12.6. The second kappa shape index (κ2) is 6.88. The monoisotopic (exact) mass is 304 g/mol. The van der Waals surface area contributed by atoms with Crippen molar-refractivity contribution in [1.29, 1.82) is 0 Å². The molecule has 0 saturated carbocycles. The van der Waals surface area contributed by atoms with Gasteiger partial charge in [-0.05, 0) is 21.9 Å². The maximum absolute atomic E-state index is 12.0. The molecule has 0 fully saturated rings. The number of benzene rings is 3. The average Bonchev–Trinajstić information content (AvgIpc) is 2.60. The molecule has 0 amide bonds. The van der Waals surface area contributed by atoms with Crippen molar-refractivity contribution in [2.24, 2.45) is 0 Å². The summed E-state index contributed by atoms with van der Waals surface area (Å²) in [6.45, 7) is 0.114. The smallest absolute Gasteiger partial charge is 0.375 e. The molecular weight excluding hydrogens is 288 g/mol. The molecule has 23 heavy (non-hydrogen) atoms. The molecule has 0 N–H and O–H groups in total. The zero-order chi connectivity index (χ0) is 16.1. The average molecular weight is 304 g/mol. The fourth-order valence-corrected chi connectivity index (χ4v) is 2.41. The summed E-state index contributed by atoms with van der Waals surface area (Å²) in [6, 6.07) is 23.0. The van der Waals surface area contributed by atoms with Crippen LogP contribution in [0.5, 0.6) is 0 Å². The van der Waals surface area contributed by atoms with Crippen LogP contribution < -0.4 is 0 Å². The van der Waals surface area contributed by atoms with E-state index in [0.29, 0.717) is 0 Å². The van der Waals surface area contributed by atoms with E-state index in [0.717, 1.165) is 21.9 Å². The third kappa shape index (κ3) is 3.83. The predicted octanol–water partition coefficient (Wildman–Crippen LogP) is 3.69. The molecule has 3 heteroatoms. The number of hydrogen-bond donors (Lipinski definition) is 0. The summed E-state index contributed by atoms with van der Waals surface area (Å²) in [7, 11) is 0. The maximum Gasteiger partial charge on any atom is 0.375 e. The third-order valence-electron chi connectivity index (χ3n) is 3.62. The quantitative estimate of drug-likeness (QED) is 0.533. The van der Waals surface area contributed by atoms with E-state index in [1.807, 2.05) is 72.8 Å². The second-order valence-electron chi connectivity index (χ2n) is 5.34. The van der Waals surface area contributed by atoms with Gasteiger partial charge in [-0.15, -0.1) is 0 Å². The number of Topliss-reactive ketones (excluding diaryl/α,β-unsaturated/α-hetero) is 1. The van der Waals surface area contributed by atoms with Gasteiger partial charge >= 0.3 is 5.97 Å². The first kappa shape index (κ1) is 15.0. The van der Waals surface area contributed by atoms with Gasteiger partial charge in [-0.1, -0.05) is 72.8 Å². The second-order valence-corrected chi connectivity index (χ2v) is 5.34. The van der Waals surface area contributed by atoms with Gasteiger partial charge in [-0.25, -0.2) is 4.79 Å². The van der Waals surface area contributed by atoms with Crippen LogP contribution in [-0.4, -0.2) is 11.8 Å². The third-order valence-corrected chi connectivity index (χ3v) is 3.62. The summed E-state index contributed by atoms with van der Waals surface area (Å²) < 4.78 is 5.06. The Bertz CT molecular complexity index is 838. The first-order valence-electron chi connectivity index (χ1n) is 7.44. The lowest BCUT2D eigenvalue weighted by Crippen LogP contribution is -2.19. The molecule has 0 heterocycles. The van der Waals surface area contributed by atoms with Crippen LogP contribution in [0.3, 0.4) is 0 Å². The lowest BCUT2D eigenvalue weighted by molar-refractivity contribution is -0.154. The van der Waals surface area contributed by atoms with Gasteiger partial charge in [0.1, 0.15) is 6.61 Å². The fraction of sp³-hybridized carbons (Fsp3) is 0.100. The van der Waals surface area contributed by atoms with Crippen LogP contribution in [0.25, 0.3) is 10.8 Å². The Hall–Kier alpha value is -2.94. The van der Waals surface area contributed by atoms with Gasteiger partial charge in [-0.3, -0.25) is 4.79 Å². The normalized spacial score (nSPS) is 10.4. The van der Waals surface area contributed by atoms with Crippen LogP contribution in [-0.2, 0) is 27.4 Å². The van der Waals surface area contributed by atoms with Crippen molar-refractivity contribution in [3.05, 3.63) is 83.9 Å². The molecule has 0 unspecified atom stereocenters. The highest BCUT2D eigenvalue weighted by atomic mass is 16.5. The summed E-state index contributed by atoms with van der Waals surface area (Å²) in [5.74, 6) is -1.32. The molecule has 0 aromatic heterocycles. The van der Waals surface area contributed by atoms with Crippen LogP contribution in [0.2, 0.25) is 0 Å². The largest absolute Gasteiger partial charge is 0.455 e. The first-order valence-corrected chi connectivity index (χ1v) is 7.44. The Labute approximate surface area is 134 Å². The highest BCUT2D eigenvalue weighted by Gasteiger charge is 2.16. The molecule has 0 aliphatic carbocycles. The number of fused-ring (bicyclic) bond motifs is 1. The Kier molecular flexibility index (Phi) is 4.48. The number of rotatable bonds is 5. The highest BCUT2D eigenvalue weighted by molar-refractivity contribution is 6.34. The molecule has 0 aliphatic rings. The summed E-state index contributed by atoms with van der Waals surface area (Å²) >= 11 is 0. The van der Waals surface area contributed by atoms with E-state index >= 15 is 0 Å². The number of hydrogen-bond acceptors (Lipinski definition) is 3. The topological polar surface area (TPSA) is 43.4 Å². The molecule has 0 saturated heterocycles. The molecule has 3 aromatic carbocycles. The van der Waals surface area contributed by atoms with Gasteiger partial charge in [0, 0.05) is 6.42 Å². The number of esters is 1. The summed E-state index contributed by atoms with van der Waals surface area (Å²) in [6.07, 6.45) is 0.0540. The van der Waals surface area contributed by atoms with E-state index in [-0.39, 0.29) is 13.0 Å². The number of carbonyl (C=O) groups excluding carboxylic acids is 2. The maximum atomic E-state index is 12.0. The minimum absolute atomic E-state index is 0.0540. The van der Waals surface area contributed by atoms with Crippen molar-refractivity contribution in [2.75, 3.05) is 0 Å². The van der Waals surface area contributed by atoms with E-state index in [9.17, 15) is 9.59 Å². The van der Waals surface area contributed by atoms with Crippen molar-refractivity contribution in [2.45, 2.75) is 13.0 Å². The predicted molar refractivity (Wildman–Crippen MR) is 88.9 cm³/mol. The summed E-state index contributed by atoms with van der Waals surface area (Å²) in [5.41, 5.74) is 1.67. The number of carbonyl (C=O) groups is 2. The first-order chi connectivity index (χ1) is 11.2. The van der Waals surface area contributed by atoms with Gasteiger partial charge < -0.3 is 4.74 Å². The van der Waals surface area contributed by atoms with E-state index < -0.39 is 11.8 Å². The lowest BCUT2D eigenvalue weighted by atomic mass is 10.0. The Morgan fingerprint density at radius 3 is 2.22 bits per heavy atom. The van der Waals surface area contributed by atoms with Gasteiger partial charge in [0.25, 0.3) is 0 Å². The molecule has 114 valence electrons. The molecule has 3 rings (SSSR count). The standard InChI is InChI=1S/C20H16O3/c21-19(20(22)23-14-15-6-2-1-3-7-15)13-16-10-11-17-8-4-5-9-18(17)12-16/h1-12H,13-14H2. The Balaban J connectivity index is 1.62. The van der Waals surface area contributed by atoms with Gasteiger partial charge in [0.2, 0.25) is 5.78 Å². The van der Waals surface area contributed by atoms with Gasteiger partial charge in [0.15, 0.2) is 0 Å². The van der Waals surface area contributed by atoms with Crippen LogP contribution in [0.15, 0.2) is 72.8 Å². The molecule has 0 atom stereocenters. The van der Waals surface area contributed by atoms with E-state index in [4.69, 9.17) is 4.74 Å². The van der Waals surface area contributed by atoms with Crippen LogP contribution in [0.4, 0.5) is 0 Å².